The molecule has 0 saturated carbocycles. The van der Waals surface area contributed by atoms with Crippen LogP contribution in [0, 0.1) is 5.82 Å². The van der Waals surface area contributed by atoms with Gasteiger partial charge in [-0.3, -0.25) is 4.79 Å². The third-order valence-electron chi connectivity index (χ3n) is 6.91. The molecule has 0 atom stereocenters. The fraction of sp³-hybridized carbons (Fsp3) is 0.129. The largest absolute Gasteiger partial charge is 0.494 e. The molecule has 3 aromatic carbocycles. The predicted octanol–water partition coefficient (Wildman–Crippen LogP) is 6.46. The number of rotatable bonds is 7. The summed E-state index contributed by atoms with van der Waals surface area (Å²) < 4.78 is 19.3. The van der Waals surface area contributed by atoms with Crippen LogP contribution in [0.3, 0.4) is 0 Å². The average molecular weight is 558 g/mol. The number of fused-ring (bicyclic) bond motifs is 2. The molecule has 2 N–H and O–H groups in total. The Balaban J connectivity index is 1.50. The molecule has 202 valence electrons. The Morgan fingerprint density at radius 2 is 1.93 bits per heavy atom. The van der Waals surface area contributed by atoms with Gasteiger partial charge in [0, 0.05) is 41.9 Å². The normalized spacial score (nSPS) is 13.5. The quantitative estimate of drug-likeness (QED) is 0.254. The number of H-pyrrole nitrogens is 1. The van der Waals surface area contributed by atoms with E-state index in [1.807, 2.05) is 18.2 Å². The number of imidazole rings is 1. The Labute approximate surface area is 234 Å². The maximum absolute atomic E-state index is 14.3. The Bertz CT molecular complexity index is 1720. The first-order valence-corrected chi connectivity index (χ1v) is 12.9. The molecule has 1 aromatic heterocycles. The van der Waals surface area contributed by atoms with Crippen molar-refractivity contribution in [2.75, 3.05) is 13.7 Å². The number of amides is 1. The number of nitrogens with one attached hydrogen (secondary N) is 1. The van der Waals surface area contributed by atoms with Gasteiger partial charge >= 0.3 is 5.97 Å². The first kappa shape index (κ1) is 26.9. The minimum atomic E-state index is -1.21. The molecule has 9 heteroatoms. The number of hydrogen-bond acceptors (Lipinski definition) is 4. The summed E-state index contributed by atoms with van der Waals surface area (Å²) in [6.07, 6.45) is 3.90. The van der Waals surface area contributed by atoms with Crippen LogP contribution < -0.4 is 4.74 Å². The van der Waals surface area contributed by atoms with E-state index >= 15 is 0 Å². The van der Waals surface area contributed by atoms with E-state index in [0.29, 0.717) is 46.7 Å². The van der Waals surface area contributed by atoms with E-state index in [1.165, 1.54) is 36.4 Å². The van der Waals surface area contributed by atoms with Crippen molar-refractivity contribution in [3.8, 4) is 5.75 Å². The number of benzene rings is 3. The third kappa shape index (κ3) is 5.13. The molecule has 1 aliphatic heterocycles. The molecule has 1 amide bonds. The molecule has 0 saturated heterocycles. The molecule has 0 aliphatic carbocycles. The number of nitrogens with zero attached hydrogens (tertiary/aromatic N) is 2. The second-order valence-electron chi connectivity index (χ2n) is 9.28. The molecule has 0 radical (unpaired) electrons. The number of aromatic carboxylic acids is 1. The molecule has 40 heavy (non-hydrogen) atoms. The number of aromatic amines is 1. The lowest BCUT2D eigenvalue weighted by atomic mass is 9.92. The lowest BCUT2D eigenvalue weighted by Crippen LogP contribution is -2.36. The molecule has 5 rings (SSSR count). The number of hydrogen-bond donors (Lipinski definition) is 2. The van der Waals surface area contributed by atoms with E-state index in [4.69, 9.17) is 16.3 Å². The van der Waals surface area contributed by atoms with Crippen LogP contribution in [-0.4, -0.2) is 45.5 Å². The fourth-order valence-corrected chi connectivity index (χ4v) is 4.94. The van der Waals surface area contributed by atoms with E-state index in [-0.39, 0.29) is 22.8 Å². The van der Waals surface area contributed by atoms with Crippen molar-refractivity contribution in [1.82, 2.24) is 14.9 Å². The summed E-state index contributed by atoms with van der Waals surface area (Å²) in [5.74, 6) is -1.64. The summed E-state index contributed by atoms with van der Waals surface area (Å²) in [7, 11) is 1.37. The van der Waals surface area contributed by atoms with Gasteiger partial charge in [0.2, 0.25) is 0 Å². The second-order valence-corrected chi connectivity index (χ2v) is 9.53. The molecule has 7 nitrogen and oxygen atoms in total. The predicted molar refractivity (Wildman–Crippen MR) is 153 cm³/mol. The highest BCUT2D eigenvalue weighted by Crippen LogP contribution is 2.34. The lowest BCUT2D eigenvalue weighted by molar-refractivity contribution is 0.0696. The molecule has 0 bridgehead atoms. The lowest BCUT2D eigenvalue weighted by Gasteiger charge is -2.29. The maximum atomic E-state index is 14.3. The minimum Gasteiger partial charge on any atom is -0.494 e. The van der Waals surface area contributed by atoms with Crippen LogP contribution in [0.15, 0.2) is 78.9 Å². The van der Waals surface area contributed by atoms with Gasteiger partial charge in [0.25, 0.3) is 5.91 Å². The third-order valence-corrected chi connectivity index (χ3v) is 7.06. The zero-order valence-corrected chi connectivity index (χ0v) is 22.3. The van der Waals surface area contributed by atoms with Crippen molar-refractivity contribution < 1.29 is 23.8 Å². The minimum absolute atomic E-state index is 0.0540. The number of allylic oxidation sites excluding steroid dienone is 4. The van der Waals surface area contributed by atoms with Crippen LogP contribution in [0.4, 0.5) is 4.39 Å². The highest BCUT2D eigenvalue weighted by Gasteiger charge is 2.25. The first-order valence-electron chi connectivity index (χ1n) is 12.4. The Morgan fingerprint density at radius 3 is 2.65 bits per heavy atom. The summed E-state index contributed by atoms with van der Waals surface area (Å²) in [5.41, 5.74) is 5.68. The molecule has 0 fully saturated rings. The summed E-state index contributed by atoms with van der Waals surface area (Å²) in [6, 6.07) is 15.2. The Morgan fingerprint density at radius 1 is 1.15 bits per heavy atom. The van der Waals surface area contributed by atoms with Crippen LogP contribution in [0.25, 0.3) is 22.2 Å². The summed E-state index contributed by atoms with van der Waals surface area (Å²) in [4.78, 5) is 35.0. The van der Waals surface area contributed by atoms with Gasteiger partial charge in [-0.1, -0.05) is 54.6 Å². The van der Waals surface area contributed by atoms with Crippen LogP contribution >= 0.6 is 11.6 Å². The summed E-state index contributed by atoms with van der Waals surface area (Å²) in [5, 5.41) is 10.1. The molecule has 0 unspecified atom stereocenters. The number of halogens is 2. The van der Waals surface area contributed by atoms with Crippen molar-refractivity contribution in [3.63, 3.8) is 0 Å². The van der Waals surface area contributed by atoms with Crippen molar-refractivity contribution in [1.29, 1.82) is 0 Å². The smallest absolute Gasteiger partial charge is 0.336 e. The molecule has 2 heterocycles. The molecule has 1 aliphatic rings. The Kier molecular flexibility index (Phi) is 7.53. The number of carbonyl (C=O) groups is 2. The van der Waals surface area contributed by atoms with Gasteiger partial charge in [-0.2, -0.15) is 0 Å². The number of methoxy groups -OCH3 is 1. The highest BCUT2D eigenvalue weighted by atomic mass is 35.5. The molecular weight excluding hydrogens is 533 g/mol. The van der Waals surface area contributed by atoms with E-state index < -0.39 is 11.8 Å². The van der Waals surface area contributed by atoms with Gasteiger partial charge in [-0.25, -0.2) is 14.2 Å². The van der Waals surface area contributed by atoms with Crippen LogP contribution in [0.2, 0.25) is 0 Å². The number of carboxylic acids is 1. The van der Waals surface area contributed by atoms with Gasteiger partial charge in [-0.15, -0.1) is 0 Å². The van der Waals surface area contributed by atoms with Crippen LogP contribution in [0.5, 0.6) is 5.75 Å². The van der Waals surface area contributed by atoms with E-state index in [1.54, 1.807) is 29.2 Å². The van der Waals surface area contributed by atoms with Gasteiger partial charge in [0.15, 0.2) is 11.6 Å². The highest BCUT2D eigenvalue weighted by molar-refractivity contribution is 6.25. The topological polar surface area (TPSA) is 95.5 Å². The standard InChI is InChI=1S/C31H25ClFN3O4/c1-18(23(8-5-12-32)29-34-26-15-25(33)28(40-2)16-27(26)35-29)22-10-9-20(14-24(22)31(38)39)30(37)36-13-11-19-6-3-4-7-21(19)17-36/h3-10,12,14-16H,1,11,13,17H2,2H3,(H,34,35)(H,38,39)/b12-5-,23-8+. The van der Waals surface area contributed by atoms with Gasteiger partial charge in [0.1, 0.15) is 5.82 Å². The van der Waals surface area contributed by atoms with Gasteiger partial charge in [0.05, 0.1) is 23.7 Å². The number of ether oxygens (including phenoxy) is 1. The van der Waals surface area contributed by atoms with Crippen LogP contribution in [0.1, 0.15) is 43.2 Å². The van der Waals surface area contributed by atoms with Crippen molar-refractivity contribution in [2.24, 2.45) is 0 Å². The maximum Gasteiger partial charge on any atom is 0.336 e. The molecule has 4 aromatic rings. The number of carboxylic acid groups (broad SMARTS) is 1. The van der Waals surface area contributed by atoms with Crippen molar-refractivity contribution >= 4 is 45.7 Å². The average Bonchev–Trinajstić information content (AvgIpc) is 3.37. The molecule has 0 spiro atoms. The monoisotopic (exact) mass is 557 g/mol. The van der Waals surface area contributed by atoms with E-state index in [2.05, 4.69) is 22.6 Å². The van der Waals surface area contributed by atoms with Crippen molar-refractivity contribution in [2.45, 2.75) is 13.0 Å². The van der Waals surface area contributed by atoms with Gasteiger partial charge in [-0.05, 0) is 46.9 Å². The SMILES string of the molecule is C=C(/C(=C\C=C/Cl)c1nc2cc(F)c(OC)cc2[nH]1)c1ccc(C(=O)N2CCc3ccccc3C2)cc1C(=O)O. The van der Waals surface area contributed by atoms with Gasteiger partial charge < -0.3 is 19.7 Å². The fourth-order valence-electron chi connectivity index (χ4n) is 4.86. The van der Waals surface area contributed by atoms with E-state index in [0.717, 1.165) is 12.0 Å². The summed E-state index contributed by atoms with van der Waals surface area (Å²) in [6.45, 7) is 5.15. The summed E-state index contributed by atoms with van der Waals surface area (Å²) >= 11 is 5.78. The number of carbonyl (C=O) groups excluding carboxylic acids is 1. The first-order chi connectivity index (χ1) is 19.3. The zero-order chi connectivity index (χ0) is 28.4. The van der Waals surface area contributed by atoms with E-state index in [9.17, 15) is 19.1 Å². The zero-order valence-electron chi connectivity index (χ0n) is 21.6. The molecular formula is C31H25ClFN3O4. The van der Waals surface area contributed by atoms with Crippen molar-refractivity contribution in [3.05, 3.63) is 118 Å². The number of aromatic nitrogens is 2. The van der Waals surface area contributed by atoms with Crippen LogP contribution in [-0.2, 0) is 13.0 Å². The second kappa shape index (κ2) is 11.2. The Hall–Kier alpha value is -4.69.